The molecule has 0 saturated heterocycles. The molecule has 2 aliphatic rings. The van der Waals surface area contributed by atoms with Crippen LogP contribution in [-0.2, 0) is 0 Å². The number of hydrogen-bond donors (Lipinski definition) is 2. The molecule has 3 atom stereocenters. The molecule has 152 valence electrons. The van der Waals surface area contributed by atoms with Crippen molar-refractivity contribution < 1.29 is 0 Å². The zero-order valence-corrected chi connectivity index (χ0v) is 18.1. The van der Waals surface area contributed by atoms with Crippen molar-refractivity contribution >= 4 is 0 Å². The van der Waals surface area contributed by atoms with Gasteiger partial charge in [0.25, 0.3) is 0 Å². The second kappa shape index (κ2) is 8.80. The Balaban J connectivity index is 0.000000162. The first-order chi connectivity index (χ1) is 13.4. The third-order valence-corrected chi connectivity index (χ3v) is 7.88. The van der Waals surface area contributed by atoms with E-state index in [1.165, 1.54) is 30.4 Å². The zero-order valence-electron chi connectivity index (χ0n) is 18.1. The van der Waals surface area contributed by atoms with Gasteiger partial charge >= 0.3 is 0 Å². The Morgan fingerprint density at radius 3 is 1.86 bits per heavy atom. The molecule has 2 aromatic rings. The van der Waals surface area contributed by atoms with Gasteiger partial charge in [-0.3, -0.25) is 0 Å². The first-order valence-electron chi connectivity index (χ1n) is 11.0. The predicted molar refractivity (Wildman–Crippen MR) is 120 cm³/mol. The second-order valence-electron chi connectivity index (χ2n) is 9.33. The molecular weight excluding hydrogens is 340 g/mol. The van der Waals surface area contributed by atoms with Gasteiger partial charge in [0.05, 0.1) is 0 Å². The minimum atomic E-state index is 0.312. The van der Waals surface area contributed by atoms with Crippen LogP contribution in [0.15, 0.2) is 60.7 Å². The molecule has 3 unspecified atom stereocenters. The van der Waals surface area contributed by atoms with Crippen LogP contribution in [0.4, 0.5) is 0 Å². The van der Waals surface area contributed by atoms with E-state index in [-0.39, 0.29) is 0 Å². The highest BCUT2D eigenvalue weighted by Crippen LogP contribution is 2.65. The molecule has 2 heteroatoms. The van der Waals surface area contributed by atoms with Gasteiger partial charge in [0, 0.05) is 18.5 Å². The van der Waals surface area contributed by atoms with Crippen molar-refractivity contribution in [1.29, 1.82) is 0 Å². The average Bonchev–Trinajstić information content (AvgIpc) is 3.05. The summed E-state index contributed by atoms with van der Waals surface area (Å²) in [5.74, 6) is 1.29. The van der Waals surface area contributed by atoms with E-state index in [1.807, 2.05) is 12.1 Å². The third kappa shape index (κ3) is 3.90. The van der Waals surface area contributed by atoms with Crippen LogP contribution in [0.25, 0.3) is 0 Å². The number of nitrogens with two attached hydrogens (primary N) is 1. The fourth-order valence-corrected chi connectivity index (χ4v) is 5.59. The number of fused-ring (bicyclic) bond motifs is 2. The monoisotopic (exact) mass is 378 g/mol. The lowest BCUT2D eigenvalue weighted by molar-refractivity contribution is 0.122. The van der Waals surface area contributed by atoms with Gasteiger partial charge in [-0.05, 0) is 53.7 Å². The molecule has 0 radical (unpaired) electrons. The second-order valence-corrected chi connectivity index (χ2v) is 9.33. The van der Waals surface area contributed by atoms with E-state index < -0.39 is 0 Å². The molecule has 2 nitrogen and oxygen atoms in total. The minimum Gasteiger partial charge on any atom is -0.330 e. The summed E-state index contributed by atoms with van der Waals surface area (Å²) < 4.78 is 0. The summed E-state index contributed by atoms with van der Waals surface area (Å²) in [4.78, 5) is 0. The summed E-state index contributed by atoms with van der Waals surface area (Å²) in [6, 6.07) is 21.6. The lowest BCUT2D eigenvalue weighted by atomic mass is 9.69. The van der Waals surface area contributed by atoms with Gasteiger partial charge < -0.3 is 11.1 Å². The van der Waals surface area contributed by atoms with E-state index in [0.29, 0.717) is 23.3 Å². The van der Waals surface area contributed by atoms with Gasteiger partial charge in [0.15, 0.2) is 0 Å². The molecule has 2 aromatic carbocycles. The van der Waals surface area contributed by atoms with Crippen LogP contribution in [0.5, 0.6) is 0 Å². The van der Waals surface area contributed by atoms with E-state index in [0.717, 1.165) is 18.5 Å². The van der Waals surface area contributed by atoms with Crippen LogP contribution in [-0.4, -0.2) is 19.1 Å². The molecule has 0 spiro atoms. The standard InChI is InChI=1S/C14H15N.C12H23N/c15-11-14(12-7-3-1-4-8-12)13-9-5-2-6-10-13;1-5-13-10-8-9-6-7-12(10,4)11(9,2)3/h1-10,14H,11,15H2;9-10,13H,5-8H2,1-4H3. The minimum absolute atomic E-state index is 0.312. The summed E-state index contributed by atoms with van der Waals surface area (Å²) in [7, 11) is 0. The quantitative estimate of drug-likeness (QED) is 0.712. The number of rotatable bonds is 5. The fourth-order valence-electron chi connectivity index (χ4n) is 5.59. The van der Waals surface area contributed by atoms with Gasteiger partial charge in [0.1, 0.15) is 0 Å². The first kappa shape index (κ1) is 21.1. The molecule has 0 amide bonds. The smallest absolute Gasteiger partial charge is 0.0212 e. The summed E-state index contributed by atoms with van der Waals surface area (Å²) in [6.07, 6.45) is 4.31. The normalized spacial score (nSPS) is 27.5. The van der Waals surface area contributed by atoms with E-state index in [9.17, 15) is 0 Å². The molecule has 3 N–H and O–H groups in total. The highest BCUT2D eigenvalue weighted by Gasteiger charge is 2.60. The topological polar surface area (TPSA) is 38.0 Å². The third-order valence-electron chi connectivity index (χ3n) is 7.88. The maximum Gasteiger partial charge on any atom is 0.0212 e. The molecule has 0 aliphatic heterocycles. The van der Waals surface area contributed by atoms with Gasteiger partial charge in [-0.1, -0.05) is 88.4 Å². The molecular formula is C26H38N2. The highest BCUT2D eigenvalue weighted by atomic mass is 15.0. The summed E-state index contributed by atoms with van der Waals surface area (Å²) >= 11 is 0. The van der Waals surface area contributed by atoms with E-state index >= 15 is 0 Å². The van der Waals surface area contributed by atoms with Gasteiger partial charge in [-0.2, -0.15) is 0 Å². The Morgan fingerprint density at radius 2 is 1.50 bits per heavy atom. The van der Waals surface area contributed by atoms with Crippen LogP contribution in [0, 0.1) is 16.7 Å². The van der Waals surface area contributed by atoms with Crippen LogP contribution in [0.3, 0.4) is 0 Å². The maximum absolute atomic E-state index is 5.84. The largest absolute Gasteiger partial charge is 0.330 e. The van der Waals surface area contributed by atoms with Crippen LogP contribution < -0.4 is 11.1 Å². The van der Waals surface area contributed by atoms with Crippen molar-refractivity contribution in [2.45, 2.75) is 58.9 Å². The number of nitrogens with one attached hydrogen (secondary N) is 1. The van der Waals surface area contributed by atoms with Crippen LogP contribution in [0.1, 0.15) is 64.0 Å². The van der Waals surface area contributed by atoms with Crippen molar-refractivity contribution in [2.24, 2.45) is 22.5 Å². The molecule has 0 aromatic heterocycles. The first-order valence-corrected chi connectivity index (χ1v) is 11.0. The Morgan fingerprint density at radius 1 is 0.964 bits per heavy atom. The SMILES string of the molecule is CCNC1CC2CCC1(C)C2(C)C.NCC(c1ccccc1)c1ccccc1. The maximum atomic E-state index is 5.84. The number of benzene rings is 2. The summed E-state index contributed by atoms with van der Waals surface area (Å²) in [5, 5.41) is 3.67. The van der Waals surface area contributed by atoms with Crippen molar-refractivity contribution in [1.82, 2.24) is 5.32 Å². The lowest BCUT2D eigenvalue weighted by Gasteiger charge is -2.39. The van der Waals surface area contributed by atoms with Crippen molar-refractivity contribution in [2.75, 3.05) is 13.1 Å². The molecule has 2 fully saturated rings. The van der Waals surface area contributed by atoms with Crippen molar-refractivity contribution in [3.8, 4) is 0 Å². The molecule has 2 bridgehead atoms. The predicted octanol–water partition coefficient (Wildman–Crippen LogP) is 5.59. The van der Waals surface area contributed by atoms with Gasteiger partial charge in [-0.25, -0.2) is 0 Å². The molecule has 4 rings (SSSR count). The molecule has 2 saturated carbocycles. The van der Waals surface area contributed by atoms with E-state index in [2.05, 4.69) is 81.5 Å². The van der Waals surface area contributed by atoms with E-state index in [1.54, 1.807) is 0 Å². The van der Waals surface area contributed by atoms with Gasteiger partial charge in [-0.15, -0.1) is 0 Å². The Labute approximate surface area is 171 Å². The van der Waals surface area contributed by atoms with Crippen LogP contribution in [0.2, 0.25) is 0 Å². The fraction of sp³-hybridized carbons (Fsp3) is 0.538. The van der Waals surface area contributed by atoms with Crippen molar-refractivity contribution in [3.05, 3.63) is 71.8 Å². The average molecular weight is 379 g/mol. The van der Waals surface area contributed by atoms with Gasteiger partial charge in [0.2, 0.25) is 0 Å². The highest BCUT2D eigenvalue weighted by molar-refractivity contribution is 5.32. The summed E-state index contributed by atoms with van der Waals surface area (Å²) in [6.45, 7) is 11.4. The van der Waals surface area contributed by atoms with Crippen LogP contribution >= 0.6 is 0 Å². The number of hydrogen-bond acceptors (Lipinski definition) is 2. The Bertz CT molecular complexity index is 685. The zero-order chi connectivity index (χ0) is 20.2. The van der Waals surface area contributed by atoms with Crippen molar-refractivity contribution in [3.63, 3.8) is 0 Å². The molecule has 28 heavy (non-hydrogen) atoms. The Kier molecular flexibility index (Phi) is 6.62. The molecule has 0 heterocycles. The molecule has 2 aliphatic carbocycles. The lowest BCUT2D eigenvalue weighted by Crippen LogP contribution is -2.44. The summed E-state index contributed by atoms with van der Waals surface area (Å²) in [5.41, 5.74) is 9.54. The van der Waals surface area contributed by atoms with E-state index in [4.69, 9.17) is 5.73 Å². The Hall–Kier alpha value is -1.64.